The van der Waals surface area contributed by atoms with Crippen molar-refractivity contribution < 1.29 is 13.6 Å². The Kier molecular flexibility index (Phi) is 3.75. The number of sulfonamides is 1. The average Bonchev–Trinajstić information content (AvgIpc) is 2.85. The van der Waals surface area contributed by atoms with Gasteiger partial charge in [-0.1, -0.05) is 23.4 Å². The molecule has 7 nitrogen and oxygen atoms in total. The van der Waals surface area contributed by atoms with E-state index in [0.29, 0.717) is 22.7 Å². The lowest BCUT2D eigenvalue weighted by atomic mass is 10.1. The first-order valence-corrected chi connectivity index (χ1v) is 7.25. The van der Waals surface area contributed by atoms with Crippen LogP contribution in [0.2, 0.25) is 0 Å². The van der Waals surface area contributed by atoms with Crippen molar-refractivity contribution in [2.75, 3.05) is 4.72 Å². The van der Waals surface area contributed by atoms with Gasteiger partial charge in [0.1, 0.15) is 4.90 Å². The first kappa shape index (κ1) is 14.1. The summed E-state index contributed by atoms with van der Waals surface area (Å²) in [5.41, 5.74) is 1.60. The molecule has 0 unspecified atom stereocenters. The second-order valence-corrected chi connectivity index (χ2v) is 5.85. The predicted octanol–water partition coefficient (Wildman–Crippen LogP) is 1.72. The molecule has 0 amide bonds. The number of hydrogen-bond donors (Lipinski definition) is 3. The van der Waals surface area contributed by atoms with Gasteiger partial charge in [0, 0.05) is 5.56 Å². The van der Waals surface area contributed by atoms with E-state index < -0.39 is 10.0 Å². The van der Waals surface area contributed by atoms with Gasteiger partial charge in [0.05, 0.1) is 23.3 Å². The molecule has 0 bridgehead atoms. The summed E-state index contributed by atoms with van der Waals surface area (Å²) in [5.74, 6) is 0. The molecular formula is C12H14N4O3S. The molecule has 0 aliphatic heterocycles. The molecule has 3 N–H and O–H groups in total. The van der Waals surface area contributed by atoms with Crippen molar-refractivity contribution in [1.82, 2.24) is 10.2 Å². The zero-order chi connectivity index (χ0) is 14.8. The van der Waals surface area contributed by atoms with Gasteiger partial charge in [-0.3, -0.25) is 9.82 Å². The van der Waals surface area contributed by atoms with Gasteiger partial charge in [-0.15, -0.1) is 0 Å². The minimum absolute atomic E-state index is 0.0749. The highest BCUT2D eigenvalue weighted by molar-refractivity contribution is 7.92. The van der Waals surface area contributed by atoms with Crippen LogP contribution in [-0.4, -0.2) is 29.5 Å². The highest BCUT2D eigenvalue weighted by Crippen LogP contribution is 2.21. The third-order valence-corrected chi connectivity index (χ3v) is 4.26. The number of H-pyrrole nitrogens is 1. The van der Waals surface area contributed by atoms with Crippen LogP contribution in [0.3, 0.4) is 0 Å². The number of aromatic amines is 1. The number of para-hydroxylation sites is 1. The topological polar surface area (TPSA) is 107 Å². The number of benzene rings is 1. The first-order valence-electron chi connectivity index (χ1n) is 5.76. The summed E-state index contributed by atoms with van der Waals surface area (Å²) in [6.07, 6.45) is 1.24. The van der Waals surface area contributed by atoms with Crippen LogP contribution >= 0.6 is 0 Å². The van der Waals surface area contributed by atoms with Crippen molar-refractivity contribution in [3.05, 3.63) is 41.7 Å². The molecule has 0 saturated heterocycles. The number of aromatic nitrogens is 2. The zero-order valence-electron chi connectivity index (χ0n) is 11.0. The summed E-state index contributed by atoms with van der Waals surface area (Å²) in [6, 6.07) is 6.67. The lowest BCUT2D eigenvalue weighted by Crippen LogP contribution is -2.15. The van der Waals surface area contributed by atoms with Crippen molar-refractivity contribution in [3.63, 3.8) is 0 Å². The molecule has 20 heavy (non-hydrogen) atoms. The summed E-state index contributed by atoms with van der Waals surface area (Å²) >= 11 is 0. The van der Waals surface area contributed by atoms with Gasteiger partial charge in [-0.05, 0) is 19.9 Å². The van der Waals surface area contributed by atoms with Crippen LogP contribution < -0.4 is 4.72 Å². The van der Waals surface area contributed by atoms with Gasteiger partial charge < -0.3 is 5.21 Å². The molecule has 2 aromatic rings. The van der Waals surface area contributed by atoms with E-state index in [1.807, 2.05) is 0 Å². The van der Waals surface area contributed by atoms with Crippen molar-refractivity contribution >= 4 is 21.4 Å². The Morgan fingerprint density at radius 2 is 2.10 bits per heavy atom. The largest absolute Gasteiger partial charge is 0.411 e. The minimum Gasteiger partial charge on any atom is -0.411 e. The Bertz CT molecular complexity index is 750. The fraction of sp³-hybridized carbons (Fsp3) is 0.167. The van der Waals surface area contributed by atoms with Gasteiger partial charge in [0.15, 0.2) is 0 Å². The Morgan fingerprint density at radius 1 is 1.40 bits per heavy atom. The third kappa shape index (κ3) is 2.64. The van der Waals surface area contributed by atoms with E-state index >= 15 is 0 Å². The molecular weight excluding hydrogens is 280 g/mol. The quantitative estimate of drug-likeness (QED) is 0.453. The van der Waals surface area contributed by atoms with Crippen LogP contribution in [0.1, 0.15) is 18.2 Å². The number of oxime groups is 1. The Hall–Kier alpha value is -2.35. The van der Waals surface area contributed by atoms with Crippen LogP contribution in [0.25, 0.3) is 0 Å². The molecule has 0 radical (unpaired) electrons. The Labute approximate surface area is 116 Å². The van der Waals surface area contributed by atoms with Gasteiger partial charge in [0.25, 0.3) is 10.0 Å². The number of nitrogens with one attached hydrogen (secondary N) is 2. The number of anilines is 1. The van der Waals surface area contributed by atoms with Crippen molar-refractivity contribution in [1.29, 1.82) is 0 Å². The molecule has 2 rings (SSSR count). The van der Waals surface area contributed by atoms with Gasteiger partial charge in [-0.25, -0.2) is 8.42 Å². The summed E-state index contributed by atoms with van der Waals surface area (Å²) in [7, 11) is -3.75. The van der Waals surface area contributed by atoms with Crippen LogP contribution in [0.5, 0.6) is 0 Å². The molecule has 0 spiro atoms. The lowest BCUT2D eigenvalue weighted by Gasteiger charge is -2.11. The average molecular weight is 294 g/mol. The monoisotopic (exact) mass is 294 g/mol. The minimum atomic E-state index is -3.75. The SMILES string of the molecule is C/C(=N\O)c1ccccc1NS(=O)(=O)c1cn[nH]c1C. The molecule has 1 aromatic heterocycles. The maximum absolute atomic E-state index is 12.3. The predicted molar refractivity (Wildman–Crippen MR) is 74.6 cm³/mol. The number of aryl methyl sites for hydroxylation is 1. The second kappa shape index (κ2) is 5.33. The molecule has 8 heteroatoms. The maximum atomic E-state index is 12.3. The van der Waals surface area contributed by atoms with Gasteiger partial charge in [0.2, 0.25) is 0 Å². The molecule has 0 fully saturated rings. The highest BCUT2D eigenvalue weighted by Gasteiger charge is 2.20. The highest BCUT2D eigenvalue weighted by atomic mass is 32.2. The number of hydrogen-bond acceptors (Lipinski definition) is 5. The molecule has 0 aliphatic rings. The molecule has 0 saturated carbocycles. The van der Waals surface area contributed by atoms with Gasteiger partial charge in [-0.2, -0.15) is 5.10 Å². The summed E-state index contributed by atoms with van der Waals surface area (Å²) in [4.78, 5) is 0.0749. The second-order valence-electron chi connectivity index (χ2n) is 4.20. The Balaban J connectivity index is 2.43. The van der Waals surface area contributed by atoms with Crippen molar-refractivity contribution in [2.45, 2.75) is 18.7 Å². The van der Waals surface area contributed by atoms with E-state index in [4.69, 9.17) is 5.21 Å². The van der Waals surface area contributed by atoms with Gasteiger partial charge >= 0.3 is 0 Å². The van der Waals surface area contributed by atoms with Crippen LogP contribution in [0, 0.1) is 6.92 Å². The zero-order valence-corrected chi connectivity index (χ0v) is 11.8. The molecule has 0 atom stereocenters. The fourth-order valence-corrected chi connectivity index (χ4v) is 2.97. The normalized spacial score (nSPS) is 12.4. The molecule has 0 aliphatic carbocycles. The maximum Gasteiger partial charge on any atom is 0.265 e. The van der Waals surface area contributed by atoms with E-state index in [2.05, 4.69) is 20.1 Å². The summed E-state index contributed by atoms with van der Waals surface area (Å²) in [5, 5.41) is 18.2. The molecule has 1 heterocycles. The standard InChI is InChI=1S/C12H14N4O3S/c1-8(15-17)10-5-3-4-6-11(10)16-20(18,19)12-7-13-14-9(12)2/h3-7,16-17H,1-2H3,(H,13,14)/b15-8+. The van der Waals surface area contributed by atoms with E-state index in [1.165, 1.54) is 6.20 Å². The van der Waals surface area contributed by atoms with E-state index in [1.54, 1.807) is 38.1 Å². The van der Waals surface area contributed by atoms with E-state index in [9.17, 15) is 8.42 Å². The van der Waals surface area contributed by atoms with E-state index in [-0.39, 0.29) is 4.90 Å². The Morgan fingerprint density at radius 3 is 2.70 bits per heavy atom. The molecule has 106 valence electrons. The van der Waals surface area contributed by atoms with Crippen molar-refractivity contribution in [3.8, 4) is 0 Å². The van der Waals surface area contributed by atoms with Crippen molar-refractivity contribution in [2.24, 2.45) is 5.16 Å². The number of rotatable bonds is 4. The smallest absolute Gasteiger partial charge is 0.265 e. The molecule has 1 aromatic carbocycles. The first-order chi connectivity index (χ1) is 9.45. The lowest BCUT2D eigenvalue weighted by molar-refractivity contribution is 0.319. The fourth-order valence-electron chi connectivity index (χ4n) is 1.75. The summed E-state index contributed by atoms with van der Waals surface area (Å²) in [6.45, 7) is 3.20. The number of nitrogens with zero attached hydrogens (tertiary/aromatic N) is 2. The summed E-state index contributed by atoms with van der Waals surface area (Å²) < 4.78 is 27.0. The van der Waals surface area contributed by atoms with Crippen LogP contribution in [0.15, 0.2) is 40.5 Å². The third-order valence-electron chi connectivity index (χ3n) is 2.78. The van der Waals surface area contributed by atoms with Crippen LogP contribution in [0.4, 0.5) is 5.69 Å². The van der Waals surface area contributed by atoms with E-state index in [0.717, 1.165) is 0 Å². The van der Waals surface area contributed by atoms with Crippen LogP contribution in [-0.2, 0) is 10.0 Å².